The highest BCUT2D eigenvalue weighted by atomic mass is 32.1. The molecular weight excluding hydrogens is 308 g/mol. The van der Waals surface area contributed by atoms with Gasteiger partial charge < -0.3 is 4.84 Å². The van der Waals surface area contributed by atoms with Crippen molar-refractivity contribution in [2.75, 3.05) is 7.11 Å². The van der Waals surface area contributed by atoms with Gasteiger partial charge in [0.15, 0.2) is 0 Å². The van der Waals surface area contributed by atoms with Crippen molar-refractivity contribution in [1.29, 1.82) is 0 Å². The minimum absolute atomic E-state index is 0.0337. The lowest BCUT2D eigenvalue weighted by molar-refractivity contribution is 0.214. The molecule has 0 unspecified atom stereocenters. The fraction of sp³-hybridized carbons (Fsp3) is 0.111. The van der Waals surface area contributed by atoms with Crippen molar-refractivity contribution in [3.63, 3.8) is 0 Å². The van der Waals surface area contributed by atoms with Crippen LogP contribution in [-0.2, 0) is 11.4 Å². The molecule has 0 aliphatic carbocycles. The third-order valence-corrected chi connectivity index (χ3v) is 4.38. The quantitative estimate of drug-likeness (QED) is 0.533. The molecule has 0 aliphatic rings. The summed E-state index contributed by atoms with van der Waals surface area (Å²) in [5.41, 5.74) is 2.64. The van der Waals surface area contributed by atoms with E-state index in [2.05, 4.69) is 5.16 Å². The molecule has 0 bridgehead atoms. The Bertz CT molecular complexity index is 851. The van der Waals surface area contributed by atoms with E-state index in [9.17, 15) is 4.79 Å². The molecule has 0 saturated heterocycles. The highest BCUT2D eigenvalue weighted by Gasteiger charge is 2.13. The first-order valence-electron chi connectivity index (χ1n) is 7.20. The van der Waals surface area contributed by atoms with Crippen molar-refractivity contribution in [3.05, 3.63) is 93.1 Å². The zero-order chi connectivity index (χ0) is 16.1. The van der Waals surface area contributed by atoms with Gasteiger partial charge in [-0.25, -0.2) is 0 Å². The van der Waals surface area contributed by atoms with E-state index in [-0.39, 0.29) is 5.56 Å². The number of rotatable bonds is 5. The first kappa shape index (κ1) is 15.2. The number of nitrogens with zero attached hydrogens (tertiary/aromatic N) is 2. The van der Waals surface area contributed by atoms with Gasteiger partial charge in [-0.3, -0.25) is 8.75 Å². The molecule has 0 aliphatic heterocycles. The van der Waals surface area contributed by atoms with Gasteiger partial charge in [0.1, 0.15) is 12.8 Å². The van der Waals surface area contributed by atoms with E-state index in [1.165, 1.54) is 18.6 Å². The topological polar surface area (TPSA) is 43.6 Å². The van der Waals surface area contributed by atoms with E-state index >= 15 is 0 Å². The molecule has 23 heavy (non-hydrogen) atoms. The SMILES string of the molecule is CO/N=C(\c1ccccc1)c1cc(=O)n(Cc2ccccc2)s1. The second kappa shape index (κ2) is 7.07. The Kier molecular flexibility index (Phi) is 4.68. The first-order chi connectivity index (χ1) is 11.3. The van der Waals surface area contributed by atoms with Crippen LogP contribution >= 0.6 is 11.5 Å². The van der Waals surface area contributed by atoms with Crippen LogP contribution in [-0.4, -0.2) is 16.8 Å². The summed E-state index contributed by atoms with van der Waals surface area (Å²) in [6.07, 6.45) is 0. The lowest BCUT2D eigenvalue weighted by atomic mass is 10.1. The molecule has 2 aromatic carbocycles. The minimum Gasteiger partial charge on any atom is -0.399 e. The van der Waals surface area contributed by atoms with Crippen molar-refractivity contribution in [2.45, 2.75) is 6.54 Å². The van der Waals surface area contributed by atoms with E-state index in [0.717, 1.165) is 16.0 Å². The highest BCUT2D eigenvalue weighted by Crippen LogP contribution is 2.16. The fourth-order valence-corrected chi connectivity index (χ4v) is 3.26. The van der Waals surface area contributed by atoms with Gasteiger partial charge in [-0.15, -0.1) is 0 Å². The van der Waals surface area contributed by atoms with Crippen molar-refractivity contribution in [3.8, 4) is 0 Å². The summed E-state index contributed by atoms with van der Waals surface area (Å²) in [6, 6.07) is 21.2. The smallest absolute Gasteiger partial charge is 0.261 e. The van der Waals surface area contributed by atoms with Crippen molar-refractivity contribution in [1.82, 2.24) is 3.96 Å². The first-order valence-corrected chi connectivity index (χ1v) is 7.97. The molecule has 0 radical (unpaired) electrons. The van der Waals surface area contributed by atoms with E-state index < -0.39 is 0 Å². The van der Waals surface area contributed by atoms with Crippen LogP contribution in [0.5, 0.6) is 0 Å². The highest BCUT2D eigenvalue weighted by molar-refractivity contribution is 7.09. The Morgan fingerprint density at radius 1 is 1.09 bits per heavy atom. The molecule has 0 fully saturated rings. The summed E-state index contributed by atoms with van der Waals surface area (Å²) >= 11 is 1.39. The molecular formula is C18H16N2O2S. The number of benzene rings is 2. The lowest BCUT2D eigenvalue weighted by Crippen LogP contribution is -2.12. The number of hydrogen-bond donors (Lipinski definition) is 0. The van der Waals surface area contributed by atoms with Gasteiger partial charge in [0.05, 0.1) is 11.4 Å². The maximum absolute atomic E-state index is 12.3. The van der Waals surface area contributed by atoms with Crippen LogP contribution in [0, 0.1) is 0 Å². The van der Waals surface area contributed by atoms with Gasteiger partial charge in [0, 0.05) is 11.6 Å². The monoisotopic (exact) mass is 324 g/mol. The second-order valence-corrected chi connectivity index (χ2v) is 6.01. The van der Waals surface area contributed by atoms with Gasteiger partial charge in [0.25, 0.3) is 5.56 Å². The number of hydrogen-bond acceptors (Lipinski definition) is 4. The minimum atomic E-state index is -0.0337. The summed E-state index contributed by atoms with van der Waals surface area (Å²) < 4.78 is 1.72. The third kappa shape index (κ3) is 3.57. The fourth-order valence-electron chi connectivity index (χ4n) is 2.27. The van der Waals surface area contributed by atoms with Gasteiger partial charge in [-0.05, 0) is 5.56 Å². The Morgan fingerprint density at radius 2 is 1.74 bits per heavy atom. The van der Waals surface area contributed by atoms with Crippen LogP contribution in [0.4, 0.5) is 0 Å². The van der Waals surface area contributed by atoms with Gasteiger partial charge in [-0.1, -0.05) is 77.4 Å². The summed E-state index contributed by atoms with van der Waals surface area (Å²) in [5.74, 6) is 0. The Hall–Kier alpha value is -2.66. The van der Waals surface area contributed by atoms with E-state index in [0.29, 0.717) is 12.3 Å². The predicted octanol–water partition coefficient (Wildman–Crippen LogP) is 3.36. The Morgan fingerprint density at radius 3 is 2.39 bits per heavy atom. The number of aromatic nitrogens is 1. The molecule has 0 spiro atoms. The maximum atomic E-state index is 12.3. The molecule has 1 aromatic heterocycles. The second-order valence-electron chi connectivity index (χ2n) is 4.95. The van der Waals surface area contributed by atoms with Gasteiger partial charge in [0.2, 0.25) is 0 Å². The van der Waals surface area contributed by atoms with Crippen LogP contribution in [0.1, 0.15) is 16.0 Å². The molecule has 3 rings (SSSR count). The molecule has 0 saturated carbocycles. The number of oxime groups is 1. The largest absolute Gasteiger partial charge is 0.399 e. The molecule has 3 aromatic rings. The molecule has 0 atom stereocenters. The van der Waals surface area contributed by atoms with Gasteiger partial charge in [-0.2, -0.15) is 0 Å². The van der Waals surface area contributed by atoms with Crippen molar-refractivity contribution in [2.24, 2.45) is 5.16 Å². The van der Waals surface area contributed by atoms with Crippen molar-refractivity contribution < 1.29 is 4.84 Å². The summed E-state index contributed by atoms with van der Waals surface area (Å²) in [5, 5.41) is 4.10. The Labute approximate surface area is 138 Å². The van der Waals surface area contributed by atoms with E-state index in [1.54, 1.807) is 10.0 Å². The van der Waals surface area contributed by atoms with Crippen LogP contribution < -0.4 is 5.56 Å². The predicted molar refractivity (Wildman–Crippen MR) is 93.2 cm³/mol. The van der Waals surface area contributed by atoms with Crippen LogP contribution in [0.25, 0.3) is 0 Å². The molecule has 0 amide bonds. The average Bonchev–Trinajstić information content (AvgIpc) is 2.95. The van der Waals surface area contributed by atoms with Crippen molar-refractivity contribution >= 4 is 17.2 Å². The van der Waals surface area contributed by atoms with E-state index in [1.807, 2.05) is 60.7 Å². The van der Waals surface area contributed by atoms with Crippen LogP contribution in [0.2, 0.25) is 0 Å². The standard InChI is InChI=1S/C18H16N2O2S/c1-22-19-18(15-10-6-3-7-11-15)16-12-17(21)20(23-16)13-14-8-4-2-5-9-14/h2-12H,13H2,1H3/b19-18+. The van der Waals surface area contributed by atoms with Crippen LogP contribution in [0.15, 0.2) is 76.7 Å². The van der Waals surface area contributed by atoms with Crippen LogP contribution in [0.3, 0.4) is 0 Å². The summed E-state index contributed by atoms with van der Waals surface area (Å²) in [6.45, 7) is 0.555. The summed E-state index contributed by atoms with van der Waals surface area (Å²) in [7, 11) is 1.51. The molecule has 1 heterocycles. The molecule has 0 N–H and O–H groups in total. The van der Waals surface area contributed by atoms with Gasteiger partial charge >= 0.3 is 0 Å². The zero-order valence-electron chi connectivity index (χ0n) is 12.7. The molecule has 116 valence electrons. The third-order valence-electron chi connectivity index (χ3n) is 3.34. The molecule has 5 heteroatoms. The Balaban J connectivity index is 1.95. The average molecular weight is 324 g/mol. The summed E-state index contributed by atoms with van der Waals surface area (Å²) in [4.78, 5) is 18.0. The lowest BCUT2D eigenvalue weighted by Gasteiger charge is -2.03. The normalized spacial score (nSPS) is 11.4. The molecule has 4 nitrogen and oxygen atoms in total. The van der Waals surface area contributed by atoms with E-state index in [4.69, 9.17) is 4.84 Å². The maximum Gasteiger partial charge on any atom is 0.261 e. The zero-order valence-corrected chi connectivity index (χ0v) is 13.5.